The molecule has 1 heterocycles. The maximum Gasteiger partial charge on any atom is 0.0477 e. The van der Waals surface area contributed by atoms with E-state index in [-0.39, 0.29) is 0 Å². The zero-order valence-electron chi connectivity index (χ0n) is 9.40. The molecule has 0 amide bonds. The first-order valence-electron chi connectivity index (χ1n) is 5.47. The molecule has 0 saturated carbocycles. The second-order valence-corrected chi connectivity index (χ2v) is 4.22. The molecule has 2 N–H and O–H groups in total. The third-order valence-electron chi connectivity index (χ3n) is 3.08. The van der Waals surface area contributed by atoms with E-state index in [1.165, 1.54) is 16.5 Å². The molecule has 0 aliphatic heterocycles. The molecule has 2 aromatic rings. The summed E-state index contributed by atoms with van der Waals surface area (Å²) >= 11 is 0. The van der Waals surface area contributed by atoms with Crippen molar-refractivity contribution in [2.24, 2.45) is 12.8 Å². The summed E-state index contributed by atoms with van der Waals surface area (Å²) in [6.45, 7) is 2.99. The molecule has 2 heteroatoms. The largest absolute Gasteiger partial charge is 0.351 e. The Morgan fingerprint density at radius 3 is 2.87 bits per heavy atom. The van der Waals surface area contributed by atoms with Crippen molar-refractivity contribution in [2.75, 3.05) is 6.54 Å². The quantitative estimate of drug-likeness (QED) is 0.815. The van der Waals surface area contributed by atoms with Crippen molar-refractivity contribution in [3.8, 4) is 0 Å². The Balaban J connectivity index is 2.38. The molecule has 0 bridgehead atoms. The first-order chi connectivity index (χ1) is 7.22. The normalized spacial score (nSPS) is 13.3. The van der Waals surface area contributed by atoms with E-state index in [1.807, 2.05) is 0 Å². The highest BCUT2D eigenvalue weighted by Gasteiger charge is 2.06. The second kappa shape index (κ2) is 4.07. The lowest BCUT2D eigenvalue weighted by Gasteiger charge is -2.10. The fourth-order valence-electron chi connectivity index (χ4n) is 2.02. The molecular formula is C13H18N2. The number of aryl methyl sites for hydroxylation is 1. The van der Waals surface area contributed by atoms with Gasteiger partial charge in [0, 0.05) is 18.8 Å². The molecule has 0 spiro atoms. The van der Waals surface area contributed by atoms with Crippen molar-refractivity contribution >= 4 is 10.9 Å². The second-order valence-electron chi connectivity index (χ2n) is 4.22. The molecule has 15 heavy (non-hydrogen) atoms. The molecule has 2 nitrogen and oxygen atoms in total. The minimum absolute atomic E-state index is 0.555. The summed E-state index contributed by atoms with van der Waals surface area (Å²) in [4.78, 5) is 0. The Morgan fingerprint density at radius 1 is 1.33 bits per heavy atom. The first kappa shape index (κ1) is 10.2. The van der Waals surface area contributed by atoms with E-state index < -0.39 is 0 Å². The lowest BCUT2D eigenvalue weighted by molar-refractivity contribution is 0.691. The van der Waals surface area contributed by atoms with Crippen LogP contribution in [-0.4, -0.2) is 11.1 Å². The van der Waals surface area contributed by atoms with Crippen molar-refractivity contribution in [2.45, 2.75) is 19.3 Å². The van der Waals surface area contributed by atoms with Crippen LogP contribution in [0.2, 0.25) is 0 Å². The van der Waals surface area contributed by atoms with E-state index in [0.29, 0.717) is 5.92 Å². The van der Waals surface area contributed by atoms with Crippen LogP contribution in [0.15, 0.2) is 30.5 Å². The SMILES string of the molecule is CC(CCN)c1ccc2c(ccn2C)c1. The summed E-state index contributed by atoms with van der Waals surface area (Å²) in [6.07, 6.45) is 3.15. The molecule has 1 aromatic heterocycles. The van der Waals surface area contributed by atoms with E-state index in [2.05, 4.69) is 49.0 Å². The first-order valence-corrected chi connectivity index (χ1v) is 5.47. The van der Waals surface area contributed by atoms with Crippen molar-refractivity contribution < 1.29 is 0 Å². The van der Waals surface area contributed by atoms with E-state index in [4.69, 9.17) is 5.73 Å². The molecule has 0 aliphatic carbocycles. The van der Waals surface area contributed by atoms with E-state index in [9.17, 15) is 0 Å². The van der Waals surface area contributed by atoms with Crippen LogP contribution in [0.25, 0.3) is 10.9 Å². The maximum absolute atomic E-state index is 5.58. The van der Waals surface area contributed by atoms with Gasteiger partial charge >= 0.3 is 0 Å². The van der Waals surface area contributed by atoms with Crippen LogP contribution >= 0.6 is 0 Å². The number of nitrogens with two attached hydrogens (primary N) is 1. The van der Waals surface area contributed by atoms with Gasteiger partial charge in [0.05, 0.1) is 0 Å². The van der Waals surface area contributed by atoms with Crippen molar-refractivity contribution in [1.29, 1.82) is 0 Å². The lowest BCUT2D eigenvalue weighted by atomic mass is 9.97. The molecule has 1 unspecified atom stereocenters. The van der Waals surface area contributed by atoms with Crippen molar-refractivity contribution in [3.05, 3.63) is 36.0 Å². The van der Waals surface area contributed by atoms with Gasteiger partial charge < -0.3 is 10.3 Å². The summed E-state index contributed by atoms with van der Waals surface area (Å²) in [5.74, 6) is 0.555. The van der Waals surface area contributed by atoms with Gasteiger partial charge in [0.2, 0.25) is 0 Å². The van der Waals surface area contributed by atoms with Crippen LogP contribution < -0.4 is 5.73 Å². The zero-order chi connectivity index (χ0) is 10.8. The van der Waals surface area contributed by atoms with E-state index in [0.717, 1.165) is 13.0 Å². The van der Waals surface area contributed by atoms with E-state index in [1.54, 1.807) is 0 Å². The molecule has 0 aliphatic rings. The summed E-state index contributed by atoms with van der Waals surface area (Å²) in [5.41, 5.74) is 8.26. The number of rotatable bonds is 3. The van der Waals surface area contributed by atoms with E-state index >= 15 is 0 Å². The lowest BCUT2D eigenvalue weighted by Crippen LogP contribution is -2.04. The van der Waals surface area contributed by atoms with Gasteiger partial charge in [0.15, 0.2) is 0 Å². The summed E-state index contributed by atoms with van der Waals surface area (Å²) in [5, 5.41) is 1.32. The van der Waals surface area contributed by atoms with Gasteiger partial charge in [-0.2, -0.15) is 0 Å². The van der Waals surface area contributed by atoms with Gasteiger partial charge in [-0.3, -0.25) is 0 Å². The highest BCUT2D eigenvalue weighted by molar-refractivity contribution is 5.80. The standard InChI is InChI=1S/C13H18N2/c1-10(5-7-14)11-3-4-13-12(9-11)6-8-15(13)2/h3-4,6,8-10H,5,7,14H2,1-2H3. The van der Waals surface area contributed by atoms with Gasteiger partial charge in [-0.05, 0) is 48.0 Å². The fraction of sp³-hybridized carbons (Fsp3) is 0.385. The Bertz CT molecular complexity index is 457. The zero-order valence-corrected chi connectivity index (χ0v) is 9.40. The van der Waals surface area contributed by atoms with Crippen LogP contribution in [0.4, 0.5) is 0 Å². The number of fused-ring (bicyclic) bond motifs is 1. The fourth-order valence-corrected chi connectivity index (χ4v) is 2.02. The van der Waals surface area contributed by atoms with Crippen LogP contribution in [0, 0.1) is 0 Å². The molecule has 1 aromatic carbocycles. The monoisotopic (exact) mass is 202 g/mol. The molecule has 0 fully saturated rings. The predicted molar refractivity (Wildman–Crippen MR) is 65.0 cm³/mol. The Kier molecular flexibility index (Phi) is 2.78. The predicted octanol–water partition coefficient (Wildman–Crippen LogP) is 2.63. The Labute approximate surface area is 90.7 Å². The average molecular weight is 202 g/mol. The van der Waals surface area contributed by atoms with Gasteiger partial charge in [-0.15, -0.1) is 0 Å². The maximum atomic E-state index is 5.58. The molecule has 0 radical (unpaired) electrons. The van der Waals surface area contributed by atoms with Crippen molar-refractivity contribution in [1.82, 2.24) is 4.57 Å². The van der Waals surface area contributed by atoms with Gasteiger partial charge in [-0.1, -0.05) is 13.0 Å². The topological polar surface area (TPSA) is 30.9 Å². The number of nitrogens with zero attached hydrogens (tertiary/aromatic N) is 1. The number of hydrogen-bond acceptors (Lipinski definition) is 1. The van der Waals surface area contributed by atoms with Crippen LogP contribution in [0.5, 0.6) is 0 Å². The third kappa shape index (κ3) is 1.90. The molecule has 1 atom stereocenters. The molecule has 2 rings (SSSR count). The van der Waals surface area contributed by atoms with Crippen molar-refractivity contribution in [3.63, 3.8) is 0 Å². The minimum atomic E-state index is 0.555. The van der Waals surface area contributed by atoms with Gasteiger partial charge in [0.25, 0.3) is 0 Å². The highest BCUT2D eigenvalue weighted by atomic mass is 14.9. The summed E-state index contributed by atoms with van der Waals surface area (Å²) < 4.78 is 2.15. The van der Waals surface area contributed by atoms with Gasteiger partial charge in [0.1, 0.15) is 0 Å². The van der Waals surface area contributed by atoms with Crippen LogP contribution in [0.3, 0.4) is 0 Å². The minimum Gasteiger partial charge on any atom is -0.351 e. The Hall–Kier alpha value is -1.28. The number of hydrogen-bond donors (Lipinski definition) is 1. The van der Waals surface area contributed by atoms with Crippen LogP contribution in [-0.2, 0) is 7.05 Å². The Morgan fingerprint density at radius 2 is 2.13 bits per heavy atom. The smallest absolute Gasteiger partial charge is 0.0477 e. The molecule has 80 valence electrons. The average Bonchev–Trinajstić information content (AvgIpc) is 2.60. The van der Waals surface area contributed by atoms with Gasteiger partial charge in [-0.25, -0.2) is 0 Å². The summed E-state index contributed by atoms with van der Waals surface area (Å²) in [7, 11) is 2.07. The molecule has 0 saturated heterocycles. The van der Waals surface area contributed by atoms with Crippen LogP contribution in [0.1, 0.15) is 24.8 Å². The number of aromatic nitrogens is 1. The summed E-state index contributed by atoms with van der Waals surface area (Å²) in [6, 6.07) is 8.84. The highest BCUT2D eigenvalue weighted by Crippen LogP contribution is 2.23. The number of benzene rings is 1. The third-order valence-corrected chi connectivity index (χ3v) is 3.08. The molecular weight excluding hydrogens is 184 g/mol.